The minimum atomic E-state index is -0.182. The van der Waals surface area contributed by atoms with Crippen LogP contribution >= 0.6 is 23.2 Å². The Morgan fingerprint density at radius 1 is 0.909 bits per heavy atom. The van der Waals surface area contributed by atoms with Crippen LogP contribution in [0.15, 0.2) is 78.9 Å². The van der Waals surface area contributed by atoms with Crippen LogP contribution in [0.4, 0.5) is 0 Å². The Morgan fingerprint density at radius 3 is 2.18 bits per heavy atom. The molecule has 0 fully saturated rings. The van der Waals surface area contributed by atoms with Crippen LogP contribution in [0.25, 0.3) is 28.0 Å². The molecule has 5 rings (SSSR count). The highest BCUT2D eigenvalue weighted by atomic mass is 35.5. The molecule has 0 radical (unpaired) electrons. The van der Waals surface area contributed by atoms with Crippen molar-refractivity contribution in [2.75, 3.05) is 7.11 Å². The Hall–Kier alpha value is -3.38. The monoisotopic (exact) mass is 475 g/mol. The third kappa shape index (κ3) is 3.95. The molecule has 5 nitrogen and oxygen atoms in total. The summed E-state index contributed by atoms with van der Waals surface area (Å²) in [5, 5.41) is 4.62. The fraction of sp³-hybridized carbons (Fsp3) is 0.0769. The fourth-order valence-electron chi connectivity index (χ4n) is 3.95. The molecular formula is C26H19Cl2N3O2. The third-order valence-electron chi connectivity index (χ3n) is 5.44. The summed E-state index contributed by atoms with van der Waals surface area (Å²) in [6.45, 7) is 0.357. The van der Waals surface area contributed by atoms with Crippen LogP contribution in [-0.4, -0.2) is 27.5 Å². The number of carbonyl (C=O) groups excluding carboxylic acids is 1. The molecule has 0 spiro atoms. The van der Waals surface area contributed by atoms with Crippen molar-refractivity contribution in [1.82, 2.24) is 14.6 Å². The number of ether oxygens (including phenoxy) is 1. The van der Waals surface area contributed by atoms with E-state index >= 15 is 0 Å². The van der Waals surface area contributed by atoms with Crippen molar-refractivity contribution in [2.45, 2.75) is 6.61 Å². The molecule has 2 heterocycles. The Morgan fingerprint density at radius 2 is 1.55 bits per heavy atom. The highest BCUT2D eigenvalue weighted by Crippen LogP contribution is 2.35. The zero-order valence-corrected chi connectivity index (χ0v) is 19.2. The summed E-state index contributed by atoms with van der Waals surface area (Å²) in [5.74, 6) is -0.182. The fourth-order valence-corrected chi connectivity index (χ4v) is 4.20. The Bertz CT molecular complexity index is 1440. The molecule has 0 saturated carbocycles. The summed E-state index contributed by atoms with van der Waals surface area (Å²) in [6, 6.07) is 24.1. The van der Waals surface area contributed by atoms with Crippen molar-refractivity contribution in [3.8, 4) is 22.4 Å². The molecule has 3 aromatic carbocycles. The van der Waals surface area contributed by atoms with Gasteiger partial charge >= 0.3 is 0 Å². The minimum Gasteiger partial charge on any atom is -0.378 e. The van der Waals surface area contributed by atoms with Crippen molar-refractivity contribution in [2.24, 2.45) is 0 Å². The predicted molar refractivity (Wildman–Crippen MR) is 131 cm³/mol. The van der Waals surface area contributed by atoms with Crippen molar-refractivity contribution >= 4 is 34.6 Å². The van der Waals surface area contributed by atoms with Gasteiger partial charge in [0.2, 0.25) is 5.78 Å². The van der Waals surface area contributed by atoms with E-state index in [-0.39, 0.29) is 5.78 Å². The molecule has 2 aromatic heterocycles. The van der Waals surface area contributed by atoms with Crippen LogP contribution in [0.5, 0.6) is 0 Å². The molecule has 33 heavy (non-hydrogen) atoms. The number of rotatable bonds is 6. The van der Waals surface area contributed by atoms with E-state index in [2.05, 4.69) is 5.10 Å². The number of ketones is 1. The number of H-pyrrole nitrogens is 1. The van der Waals surface area contributed by atoms with E-state index in [1.165, 1.54) is 0 Å². The van der Waals surface area contributed by atoms with Crippen molar-refractivity contribution in [3.05, 3.63) is 106 Å². The summed E-state index contributed by atoms with van der Waals surface area (Å²) < 4.78 is 7.30. The van der Waals surface area contributed by atoms with Crippen LogP contribution in [0.3, 0.4) is 0 Å². The van der Waals surface area contributed by atoms with Gasteiger partial charge in [-0.3, -0.25) is 9.89 Å². The highest BCUT2D eigenvalue weighted by Gasteiger charge is 2.26. The van der Waals surface area contributed by atoms with Gasteiger partial charge in [0.1, 0.15) is 11.4 Å². The van der Waals surface area contributed by atoms with Crippen LogP contribution < -0.4 is 0 Å². The first-order valence-electron chi connectivity index (χ1n) is 10.3. The number of halogens is 2. The summed E-state index contributed by atoms with van der Waals surface area (Å²) in [5.41, 5.74) is 5.70. The second kappa shape index (κ2) is 8.87. The second-order valence-corrected chi connectivity index (χ2v) is 8.45. The van der Waals surface area contributed by atoms with Gasteiger partial charge in [0, 0.05) is 33.8 Å². The van der Waals surface area contributed by atoms with Gasteiger partial charge in [-0.25, -0.2) is 9.50 Å². The van der Waals surface area contributed by atoms with Gasteiger partial charge in [-0.1, -0.05) is 65.7 Å². The molecule has 0 bridgehead atoms. The first kappa shape index (κ1) is 21.5. The zero-order valence-electron chi connectivity index (χ0n) is 17.7. The van der Waals surface area contributed by atoms with Crippen molar-refractivity contribution < 1.29 is 9.53 Å². The number of aromatic nitrogens is 3. The lowest BCUT2D eigenvalue weighted by Gasteiger charge is -2.06. The molecule has 0 unspecified atom stereocenters. The maximum atomic E-state index is 13.5. The van der Waals surface area contributed by atoms with E-state index in [0.29, 0.717) is 39.3 Å². The first-order chi connectivity index (χ1) is 16.1. The topological polar surface area (TPSA) is 59.4 Å². The largest absolute Gasteiger partial charge is 0.378 e. The number of aromatic amines is 1. The normalized spacial score (nSPS) is 11.2. The summed E-state index contributed by atoms with van der Waals surface area (Å²) in [6.07, 6.45) is 0. The van der Waals surface area contributed by atoms with Gasteiger partial charge in [-0.15, -0.1) is 0 Å². The lowest BCUT2D eigenvalue weighted by molar-refractivity contribution is 0.103. The second-order valence-electron chi connectivity index (χ2n) is 7.58. The number of nitrogens with one attached hydrogen (secondary N) is 1. The van der Waals surface area contributed by atoms with E-state index in [1.54, 1.807) is 31.4 Å². The summed E-state index contributed by atoms with van der Waals surface area (Å²) >= 11 is 12.1. The number of hydrogen-bond acceptors (Lipinski definition) is 3. The number of carbonyl (C=O) groups is 1. The average molecular weight is 476 g/mol. The molecule has 0 aliphatic rings. The summed E-state index contributed by atoms with van der Waals surface area (Å²) in [4.78, 5) is 18.4. The Balaban J connectivity index is 1.79. The number of benzene rings is 3. The first-order valence-corrected chi connectivity index (χ1v) is 11.1. The number of methoxy groups -OCH3 is 1. The maximum absolute atomic E-state index is 13.5. The van der Waals surface area contributed by atoms with Crippen LogP contribution in [-0.2, 0) is 11.3 Å². The van der Waals surface area contributed by atoms with Crippen LogP contribution in [0.1, 0.15) is 21.7 Å². The number of fused-ring (bicyclic) bond motifs is 1. The molecular weight excluding hydrogens is 457 g/mol. The van der Waals surface area contributed by atoms with Crippen LogP contribution in [0, 0.1) is 0 Å². The third-order valence-corrected chi connectivity index (χ3v) is 5.94. The van der Waals surface area contributed by atoms with E-state index in [1.807, 2.05) is 59.1 Å². The quantitative estimate of drug-likeness (QED) is 0.278. The highest BCUT2D eigenvalue weighted by molar-refractivity contribution is 6.31. The SMILES string of the molecule is COCc1[nH]n2c(-c3ccccc3)c(C(=O)c3ccc(Cl)cc3)nc2c1-c1ccc(Cl)cc1. The molecule has 5 aromatic rings. The van der Waals surface area contributed by atoms with E-state index in [0.717, 1.165) is 22.4 Å². The lowest BCUT2D eigenvalue weighted by Crippen LogP contribution is -2.05. The molecule has 7 heteroatoms. The number of nitrogens with zero attached hydrogens (tertiary/aromatic N) is 2. The van der Waals surface area contributed by atoms with Gasteiger partial charge < -0.3 is 4.74 Å². The predicted octanol–water partition coefficient (Wildman–Crippen LogP) is 6.68. The molecule has 0 aliphatic carbocycles. The molecule has 0 aliphatic heterocycles. The number of hydrogen-bond donors (Lipinski definition) is 1. The Labute approximate surface area is 200 Å². The molecule has 0 saturated heterocycles. The van der Waals surface area contributed by atoms with Crippen molar-refractivity contribution in [1.29, 1.82) is 0 Å². The van der Waals surface area contributed by atoms with Crippen LogP contribution in [0.2, 0.25) is 10.0 Å². The van der Waals surface area contributed by atoms with Gasteiger partial charge in [0.15, 0.2) is 5.65 Å². The van der Waals surface area contributed by atoms with Gasteiger partial charge in [-0.2, -0.15) is 0 Å². The van der Waals surface area contributed by atoms with Crippen molar-refractivity contribution in [3.63, 3.8) is 0 Å². The average Bonchev–Trinajstić information content (AvgIpc) is 3.36. The molecule has 164 valence electrons. The molecule has 0 amide bonds. The van der Waals surface area contributed by atoms with Gasteiger partial charge in [0.05, 0.1) is 12.3 Å². The number of imidazole rings is 1. The molecule has 0 atom stereocenters. The lowest BCUT2D eigenvalue weighted by atomic mass is 10.0. The van der Waals surface area contributed by atoms with E-state index in [4.69, 9.17) is 32.9 Å². The minimum absolute atomic E-state index is 0.182. The maximum Gasteiger partial charge on any atom is 0.213 e. The Kier molecular flexibility index (Phi) is 5.77. The zero-order chi connectivity index (χ0) is 22.9. The van der Waals surface area contributed by atoms with E-state index in [9.17, 15) is 4.79 Å². The van der Waals surface area contributed by atoms with E-state index < -0.39 is 0 Å². The smallest absolute Gasteiger partial charge is 0.213 e. The standard InChI is InChI=1S/C26H19Cl2N3O2/c1-33-15-21-22(16-7-11-19(27)12-8-16)26-29-23(25(32)18-9-13-20(28)14-10-18)24(31(26)30-21)17-5-3-2-4-6-17/h2-14,30H,15H2,1H3. The van der Waals surface area contributed by atoms with Gasteiger partial charge in [0.25, 0.3) is 0 Å². The molecule has 1 N–H and O–H groups in total. The van der Waals surface area contributed by atoms with Gasteiger partial charge in [-0.05, 0) is 42.0 Å². The summed E-state index contributed by atoms with van der Waals surface area (Å²) in [7, 11) is 1.64.